The second kappa shape index (κ2) is 5.64. The van der Waals surface area contributed by atoms with Gasteiger partial charge in [0.2, 0.25) is 0 Å². The molecule has 0 amide bonds. The van der Waals surface area contributed by atoms with E-state index in [4.69, 9.17) is 0 Å². The predicted octanol–water partition coefficient (Wildman–Crippen LogP) is 0.770. The van der Waals surface area contributed by atoms with Crippen molar-refractivity contribution in [2.75, 3.05) is 19.1 Å². The van der Waals surface area contributed by atoms with E-state index in [2.05, 4.69) is 24.3 Å². The van der Waals surface area contributed by atoms with Crippen LogP contribution in [0.2, 0.25) is 0 Å². The Balaban J connectivity index is 2.92. The molecule has 1 heterocycles. The highest BCUT2D eigenvalue weighted by atomic mass is 32.2. The molecule has 0 fully saturated rings. The number of rotatable bonds is 6. The highest BCUT2D eigenvalue weighted by Crippen LogP contribution is 2.19. The molecule has 98 valence electrons. The molecule has 0 spiro atoms. The minimum atomic E-state index is -2.94. The van der Waals surface area contributed by atoms with Gasteiger partial charge < -0.3 is 5.32 Å². The number of aryl methyl sites for hydroxylation is 1. The summed E-state index contributed by atoms with van der Waals surface area (Å²) in [7, 11) is -1.06. The molecule has 0 atom stereocenters. The average molecular weight is 259 g/mol. The molecule has 0 aliphatic carbocycles. The Morgan fingerprint density at radius 1 is 1.47 bits per heavy atom. The summed E-state index contributed by atoms with van der Waals surface area (Å²) in [5.41, 5.74) is 2.25. The van der Waals surface area contributed by atoms with Crippen molar-refractivity contribution in [3.8, 4) is 0 Å². The van der Waals surface area contributed by atoms with Crippen molar-refractivity contribution in [3.63, 3.8) is 0 Å². The van der Waals surface area contributed by atoms with Gasteiger partial charge in [-0.3, -0.25) is 4.68 Å². The number of hydrogen-bond acceptors (Lipinski definition) is 4. The summed E-state index contributed by atoms with van der Waals surface area (Å²) in [6, 6.07) is 0. The number of nitrogens with one attached hydrogen (secondary N) is 1. The molecule has 1 N–H and O–H groups in total. The van der Waals surface area contributed by atoms with Gasteiger partial charge in [0.15, 0.2) is 0 Å². The van der Waals surface area contributed by atoms with Crippen LogP contribution >= 0.6 is 0 Å². The number of hydrogen-bond donors (Lipinski definition) is 1. The lowest BCUT2D eigenvalue weighted by Gasteiger charge is -2.12. The maximum absolute atomic E-state index is 11.2. The van der Waals surface area contributed by atoms with Gasteiger partial charge in [0, 0.05) is 24.1 Å². The first-order chi connectivity index (χ1) is 7.85. The van der Waals surface area contributed by atoms with Crippen LogP contribution in [0.1, 0.15) is 31.0 Å². The summed E-state index contributed by atoms with van der Waals surface area (Å²) in [5.74, 6) is 0.466. The van der Waals surface area contributed by atoms with Crippen LogP contribution in [0.25, 0.3) is 0 Å². The highest BCUT2D eigenvalue weighted by molar-refractivity contribution is 7.90. The van der Waals surface area contributed by atoms with Gasteiger partial charge >= 0.3 is 0 Å². The molecule has 0 saturated heterocycles. The van der Waals surface area contributed by atoms with Gasteiger partial charge in [0.25, 0.3) is 0 Å². The highest BCUT2D eigenvalue weighted by Gasteiger charge is 2.14. The normalized spacial score (nSPS) is 12.3. The average Bonchev–Trinajstić information content (AvgIpc) is 2.57. The van der Waals surface area contributed by atoms with Crippen LogP contribution in [-0.4, -0.2) is 37.3 Å². The monoisotopic (exact) mass is 259 g/mol. The van der Waals surface area contributed by atoms with Crippen LogP contribution in [0.15, 0.2) is 6.20 Å². The number of sulfone groups is 1. The van der Waals surface area contributed by atoms with E-state index >= 15 is 0 Å². The molecule has 1 aromatic rings. The Morgan fingerprint density at radius 2 is 2.12 bits per heavy atom. The fraction of sp³-hybridized carbons (Fsp3) is 0.727. The quantitative estimate of drug-likeness (QED) is 0.819. The van der Waals surface area contributed by atoms with Crippen molar-refractivity contribution in [1.29, 1.82) is 0 Å². The van der Waals surface area contributed by atoms with Crippen LogP contribution < -0.4 is 5.32 Å². The zero-order valence-corrected chi connectivity index (χ0v) is 11.7. The zero-order valence-electron chi connectivity index (χ0n) is 10.9. The number of aromatic nitrogens is 2. The Bertz CT molecular complexity index is 463. The van der Waals surface area contributed by atoms with Gasteiger partial charge in [0.05, 0.1) is 18.5 Å². The summed E-state index contributed by atoms with van der Waals surface area (Å²) >= 11 is 0. The first-order valence-corrected chi connectivity index (χ1v) is 7.78. The van der Waals surface area contributed by atoms with Crippen molar-refractivity contribution in [3.05, 3.63) is 17.5 Å². The summed E-state index contributed by atoms with van der Waals surface area (Å²) in [4.78, 5) is 0. The van der Waals surface area contributed by atoms with Crippen molar-refractivity contribution >= 4 is 9.84 Å². The molecule has 0 aliphatic heterocycles. The Morgan fingerprint density at radius 3 is 2.59 bits per heavy atom. The Labute approximate surface area is 103 Å². The van der Waals surface area contributed by atoms with E-state index in [0.717, 1.165) is 17.8 Å². The second-order valence-electron chi connectivity index (χ2n) is 4.59. The summed E-state index contributed by atoms with van der Waals surface area (Å²) < 4.78 is 24.1. The summed E-state index contributed by atoms with van der Waals surface area (Å²) in [6.45, 7) is 5.36. The first kappa shape index (κ1) is 14.2. The van der Waals surface area contributed by atoms with Crippen molar-refractivity contribution in [2.24, 2.45) is 0 Å². The summed E-state index contributed by atoms with van der Waals surface area (Å²) in [5, 5.41) is 7.36. The lowest BCUT2D eigenvalue weighted by Crippen LogP contribution is -2.16. The maximum Gasteiger partial charge on any atom is 0.149 e. The Kier molecular flexibility index (Phi) is 4.70. The van der Waals surface area contributed by atoms with Gasteiger partial charge in [-0.2, -0.15) is 5.10 Å². The third kappa shape index (κ3) is 4.12. The standard InChI is InChI=1S/C11H21N3O2S/c1-9(2)11-10(7-12-3)8-13-14(11)5-6-17(4,15)16/h8-9,12H,5-7H2,1-4H3. The third-order valence-electron chi connectivity index (χ3n) is 2.55. The van der Waals surface area contributed by atoms with Crippen LogP contribution in [0.4, 0.5) is 0 Å². The minimum Gasteiger partial charge on any atom is -0.316 e. The second-order valence-corrected chi connectivity index (χ2v) is 6.85. The van der Waals surface area contributed by atoms with Gasteiger partial charge in [-0.05, 0) is 13.0 Å². The molecule has 0 aliphatic rings. The van der Waals surface area contributed by atoms with Gasteiger partial charge in [-0.15, -0.1) is 0 Å². The molecule has 0 saturated carbocycles. The lowest BCUT2D eigenvalue weighted by atomic mass is 10.1. The lowest BCUT2D eigenvalue weighted by molar-refractivity contribution is 0.568. The molecule has 0 unspecified atom stereocenters. The first-order valence-electron chi connectivity index (χ1n) is 5.72. The molecule has 6 heteroatoms. The van der Waals surface area contributed by atoms with Crippen LogP contribution in [0.5, 0.6) is 0 Å². The van der Waals surface area contributed by atoms with Gasteiger partial charge in [-0.25, -0.2) is 8.42 Å². The third-order valence-corrected chi connectivity index (χ3v) is 3.47. The molecule has 0 aromatic carbocycles. The van der Waals surface area contributed by atoms with E-state index in [9.17, 15) is 8.42 Å². The zero-order chi connectivity index (χ0) is 13.1. The number of nitrogens with zero attached hydrogens (tertiary/aromatic N) is 2. The van der Waals surface area contributed by atoms with E-state index in [1.807, 2.05) is 13.2 Å². The topological polar surface area (TPSA) is 64.0 Å². The van der Waals surface area contributed by atoms with E-state index in [1.54, 1.807) is 4.68 Å². The molecule has 0 bridgehead atoms. The van der Waals surface area contributed by atoms with E-state index in [-0.39, 0.29) is 5.75 Å². The van der Waals surface area contributed by atoms with E-state index in [1.165, 1.54) is 6.26 Å². The van der Waals surface area contributed by atoms with E-state index < -0.39 is 9.84 Å². The van der Waals surface area contributed by atoms with Crippen molar-refractivity contribution in [1.82, 2.24) is 15.1 Å². The molecule has 0 radical (unpaired) electrons. The van der Waals surface area contributed by atoms with Gasteiger partial charge in [-0.1, -0.05) is 13.8 Å². The fourth-order valence-corrected chi connectivity index (χ4v) is 2.36. The predicted molar refractivity (Wildman–Crippen MR) is 68.8 cm³/mol. The molecule has 5 nitrogen and oxygen atoms in total. The van der Waals surface area contributed by atoms with Crippen LogP contribution in [0, 0.1) is 0 Å². The minimum absolute atomic E-state index is 0.132. The summed E-state index contributed by atoms with van der Waals surface area (Å²) in [6.07, 6.45) is 3.06. The smallest absolute Gasteiger partial charge is 0.149 e. The molecule has 17 heavy (non-hydrogen) atoms. The molecule has 1 rings (SSSR count). The van der Waals surface area contributed by atoms with Crippen molar-refractivity contribution in [2.45, 2.75) is 32.9 Å². The van der Waals surface area contributed by atoms with Crippen molar-refractivity contribution < 1.29 is 8.42 Å². The fourth-order valence-electron chi connectivity index (χ4n) is 1.86. The molecule has 1 aromatic heterocycles. The van der Waals surface area contributed by atoms with E-state index in [0.29, 0.717) is 12.5 Å². The van der Waals surface area contributed by atoms with Crippen LogP contribution in [0.3, 0.4) is 0 Å². The largest absolute Gasteiger partial charge is 0.316 e. The molecular weight excluding hydrogens is 238 g/mol. The maximum atomic E-state index is 11.2. The SMILES string of the molecule is CNCc1cnn(CCS(C)(=O)=O)c1C(C)C. The Hall–Kier alpha value is -0.880. The molecular formula is C11H21N3O2S. The van der Waals surface area contributed by atoms with Crippen LogP contribution in [-0.2, 0) is 22.9 Å². The van der Waals surface area contributed by atoms with Gasteiger partial charge in [0.1, 0.15) is 9.84 Å².